The van der Waals surface area contributed by atoms with Crippen LogP contribution < -0.4 is 9.47 Å². The highest BCUT2D eigenvalue weighted by Crippen LogP contribution is 2.31. The molecule has 0 aliphatic rings. The number of carbonyl (C=O) groups is 2. The number of thiazole rings is 1. The summed E-state index contributed by atoms with van der Waals surface area (Å²) in [6, 6.07) is 13.2. The van der Waals surface area contributed by atoms with Crippen LogP contribution in [0.1, 0.15) is 48.3 Å². The van der Waals surface area contributed by atoms with Crippen LogP contribution in [-0.2, 0) is 29.6 Å². The van der Waals surface area contributed by atoms with E-state index in [-0.39, 0.29) is 23.0 Å². The molecule has 1 amide bonds. The number of aromatic nitrogens is 1. The van der Waals surface area contributed by atoms with Crippen molar-refractivity contribution < 1.29 is 32.6 Å². The van der Waals surface area contributed by atoms with Gasteiger partial charge in [0.15, 0.2) is 5.78 Å². The Hall–Kier alpha value is -3.32. The first kappa shape index (κ1) is 31.2. The van der Waals surface area contributed by atoms with Gasteiger partial charge >= 0.3 is 0 Å². The second-order valence-corrected chi connectivity index (χ2v) is 12.7. The lowest BCUT2D eigenvalue weighted by Gasteiger charge is -2.23. The van der Waals surface area contributed by atoms with Gasteiger partial charge in [0, 0.05) is 31.8 Å². The number of rotatable bonds is 14. The minimum Gasteiger partial charge on any atom is -0.496 e. The third-order valence-corrected chi connectivity index (χ3v) is 9.13. The number of nitrogens with zero attached hydrogens (tertiary/aromatic N) is 3. The molecule has 0 aliphatic carbocycles. The highest BCUT2D eigenvalue weighted by molar-refractivity contribution is 7.89. The van der Waals surface area contributed by atoms with Crippen molar-refractivity contribution in [2.45, 2.75) is 32.9 Å². The summed E-state index contributed by atoms with van der Waals surface area (Å²) >= 11 is 1.08. The quantitative estimate of drug-likeness (QED) is 0.284. The van der Waals surface area contributed by atoms with Gasteiger partial charge in [-0.1, -0.05) is 30.3 Å². The van der Waals surface area contributed by atoms with E-state index in [1.807, 2.05) is 37.3 Å². The standard InChI is InChI=1S/C28H35N3O7S2/c1-19-23(37-4)14-21(15-24(19)38-5)28(34)31(13-9-12-20-10-7-6-8-11-20)16-26-29-27(25(17-32)39-26)22(33)18-40(35,36)30(2)3/h6-8,10-11,14-15,32H,9,12-13,16-18H2,1-5H3. The zero-order valence-corrected chi connectivity index (χ0v) is 25.0. The molecule has 12 heteroatoms. The van der Waals surface area contributed by atoms with Gasteiger partial charge in [-0.2, -0.15) is 0 Å². The molecule has 216 valence electrons. The molecule has 1 N–H and O–H groups in total. The zero-order chi connectivity index (χ0) is 29.4. The monoisotopic (exact) mass is 589 g/mol. The SMILES string of the molecule is COc1cc(C(=O)N(CCCc2ccccc2)Cc2nc(C(=O)CS(=O)(=O)N(C)C)c(CO)s2)cc(OC)c1C. The number of Topliss-reactive ketones (excluding diaryl/α,β-unsaturated/α-hetero) is 1. The smallest absolute Gasteiger partial charge is 0.254 e. The van der Waals surface area contributed by atoms with Crippen LogP contribution in [0.5, 0.6) is 11.5 Å². The predicted octanol–water partition coefficient (Wildman–Crippen LogP) is 3.31. The molecule has 0 radical (unpaired) electrons. The molecule has 1 aromatic heterocycles. The van der Waals surface area contributed by atoms with Crippen molar-refractivity contribution in [3.8, 4) is 11.5 Å². The molecule has 2 aromatic carbocycles. The maximum Gasteiger partial charge on any atom is 0.254 e. The summed E-state index contributed by atoms with van der Waals surface area (Å²) in [5.41, 5.74) is 2.18. The number of ketones is 1. The Balaban J connectivity index is 1.92. The largest absolute Gasteiger partial charge is 0.496 e. The van der Waals surface area contributed by atoms with Gasteiger partial charge in [0.25, 0.3) is 5.91 Å². The number of amides is 1. The highest BCUT2D eigenvalue weighted by Gasteiger charge is 2.27. The van der Waals surface area contributed by atoms with Crippen LogP contribution in [0.2, 0.25) is 0 Å². The van der Waals surface area contributed by atoms with E-state index in [2.05, 4.69) is 4.98 Å². The number of carbonyl (C=O) groups excluding carboxylic acids is 2. The van der Waals surface area contributed by atoms with Gasteiger partial charge in [0.2, 0.25) is 10.0 Å². The Bertz CT molecular complexity index is 1410. The number of hydrogen-bond donors (Lipinski definition) is 1. The number of hydrogen-bond acceptors (Lipinski definition) is 9. The third-order valence-electron chi connectivity index (χ3n) is 6.37. The van der Waals surface area contributed by atoms with Gasteiger partial charge in [0.05, 0.1) is 32.2 Å². The Morgan fingerprint density at radius 3 is 2.23 bits per heavy atom. The van der Waals surface area contributed by atoms with Crippen LogP contribution in [0.15, 0.2) is 42.5 Å². The summed E-state index contributed by atoms with van der Waals surface area (Å²) in [5.74, 6) is -0.736. The van der Waals surface area contributed by atoms with Crippen LogP contribution in [0.3, 0.4) is 0 Å². The Morgan fingerprint density at radius 1 is 1.05 bits per heavy atom. The number of aryl methyl sites for hydroxylation is 1. The lowest BCUT2D eigenvalue weighted by molar-refractivity contribution is 0.0740. The summed E-state index contributed by atoms with van der Waals surface area (Å²) in [6.07, 6.45) is 1.41. The topological polar surface area (TPSA) is 126 Å². The van der Waals surface area contributed by atoms with E-state index in [0.29, 0.717) is 35.0 Å². The van der Waals surface area contributed by atoms with Gasteiger partial charge in [-0.25, -0.2) is 17.7 Å². The van der Waals surface area contributed by atoms with E-state index in [1.54, 1.807) is 17.0 Å². The summed E-state index contributed by atoms with van der Waals surface area (Å²) < 4.78 is 36.4. The first-order chi connectivity index (χ1) is 19.0. The average Bonchev–Trinajstić information content (AvgIpc) is 3.35. The number of sulfonamides is 1. The van der Waals surface area contributed by atoms with Crippen molar-refractivity contribution >= 4 is 33.1 Å². The fourth-order valence-electron chi connectivity index (χ4n) is 4.08. The molecule has 3 aromatic rings. The van der Waals surface area contributed by atoms with E-state index in [1.165, 1.54) is 28.3 Å². The van der Waals surface area contributed by atoms with Crippen LogP contribution >= 0.6 is 11.3 Å². The van der Waals surface area contributed by atoms with E-state index in [9.17, 15) is 23.1 Å². The molecule has 0 fully saturated rings. The predicted molar refractivity (Wildman–Crippen MR) is 154 cm³/mol. The van der Waals surface area contributed by atoms with Crippen molar-refractivity contribution in [3.05, 3.63) is 74.7 Å². The highest BCUT2D eigenvalue weighted by atomic mass is 32.2. The molecule has 0 unspecified atom stereocenters. The second kappa shape index (κ2) is 13.8. The molecule has 0 bridgehead atoms. The van der Waals surface area contributed by atoms with Crippen molar-refractivity contribution in [2.24, 2.45) is 0 Å². The maximum atomic E-state index is 13.8. The van der Waals surface area contributed by atoms with Gasteiger partial charge < -0.3 is 19.5 Å². The molecular formula is C28H35N3O7S2. The molecule has 0 aliphatic heterocycles. The molecule has 40 heavy (non-hydrogen) atoms. The van der Waals surface area contributed by atoms with Gasteiger partial charge in [-0.3, -0.25) is 9.59 Å². The number of aliphatic hydroxyl groups excluding tert-OH is 1. The lowest BCUT2D eigenvalue weighted by Crippen LogP contribution is -2.32. The van der Waals surface area contributed by atoms with E-state index in [4.69, 9.17) is 9.47 Å². The van der Waals surface area contributed by atoms with E-state index < -0.39 is 28.2 Å². The molecule has 0 saturated carbocycles. The van der Waals surface area contributed by atoms with E-state index >= 15 is 0 Å². The van der Waals surface area contributed by atoms with Crippen LogP contribution in [0.4, 0.5) is 0 Å². The first-order valence-corrected chi connectivity index (χ1v) is 15.0. The summed E-state index contributed by atoms with van der Waals surface area (Å²) in [4.78, 5) is 32.9. The minimum atomic E-state index is -3.81. The van der Waals surface area contributed by atoms with Crippen molar-refractivity contribution in [1.82, 2.24) is 14.2 Å². The number of methoxy groups -OCH3 is 2. The summed E-state index contributed by atoms with van der Waals surface area (Å²) in [5, 5.41) is 10.3. The van der Waals surface area contributed by atoms with Crippen molar-refractivity contribution in [1.29, 1.82) is 0 Å². The van der Waals surface area contributed by atoms with Crippen molar-refractivity contribution in [3.63, 3.8) is 0 Å². The van der Waals surface area contributed by atoms with Crippen LogP contribution in [0, 0.1) is 6.92 Å². The molecule has 0 spiro atoms. The normalized spacial score (nSPS) is 11.5. The molecule has 1 heterocycles. The van der Waals surface area contributed by atoms with Crippen molar-refractivity contribution in [2.75, 3.05) is 40.6 Å². The van der Waals surface area contributed by atoms with E-state index in [0.717, 1.165) is 33.2 Å². The lowest BCUT2D eigenvalue weighted by atomic mass is 10.1. The Morgan fingerprint density at radius 2 is 1.68 bits per heavy atom. The molecule has 3 rings (SSSR count). The van der Waals surface area contributed by atoms with Gasteiger partial charge in [0.1, 0.15) is 28.0 Å². The van der Waals surface area contributed by atoms with Gasteiger partial charge in [-0.05, 0) is 37.5 Å². The first-order valence-electron chi connectivity index (χ1n) is 12.6. The number of ether oxygens (including phenoxy) is 2. The van der Waals surface area contributed by atoms with Crippen LogP contribution in [-0.4, -0.2) is 80.0 Å². The fourth-order valence-corrected chi connectivity index (χ4v) is 5.77. The third kappa shape index (κ3) is 7.66. The number of aliphatic hydroxyl groups is 1. The average molecular weight is 590 g/mol. The molecule has 0 atom stereocenters. The Labute approximate surface area is 239 Å². The fraction of sp³-hybridized carbons (Fsp3) is 0.393. The van der Waals surface area contributed by atoms with Crippen LogP contribution in [0.25, 0.3) is 0 Å². The molecular weight excluding hydrogens is 554 g/mol. The Kier molecular flexibility index (Phi) is 10.8. The number of benzene rings is 2. The molecule has 10 nitrogen and oxygen atoms in total. The molecule has 0 saturated heterocycles. The summed E-state index contributed by atoms with van der Waals surface area (Å²) in [6.45, 7) is 1.82. The summed E-state index contributed by atoms with van der Waals surface area (Å²) in [7, 11) is 1.92. The zero-order valence-electron chi connectivity index (χ0n) is 23.3. The van der Waals surface area contributed by atoms with Gasteiger partial charge in [-0.15, -0.1) is 11.3 Å². The minimum absolute atomic E-state index is 0.0670. The maximum absolute atomic E-state index is 13.8. The second-order valence-electron chi connectivity index (χ2n) is 9.32.